The average molecular weight is 345 g/mol. The molecule has 2 heterocycles. The van der Waals surface area contributed by atoms with E-state index in [1.807, 2.05) is 0 Å². The normalized spacial score (nSPS) is 23.8. The first-order valence-corrected chi connectivity index (χ1v) is 7.62. The van der Waals surface area contributed by atoms with E-state index in [9.17, 15) is 4.79 Å². The Hall–Kier alpha value is -0.850. The van der Waals surface area contributed by atoms with E-state index in [0.29, 0.717) is 12.3 Å². The number of carbonyl (C=O) groups excluding carboxylic acids is 1. The van der Waals surface area contributed by atoms with E-state index in [-0.39, 0.29) is 18.1 Å². The van der Waals surface area contributed by atoms with Crippen LogP contribution in [0.1, 0.15) is 24.4 Å². The fourth-order valence-corrected chi connectivity index (χ4v) is 2.77. The van der Waals surface area contributed by atoms with Gasteiger partial charge in [0, 0.05) is 39.3 Å². The number of morpholine rings is 1. The van der Waals surface area contributed by atoms with Crippen LogP contribution in [-0.4, -0.2) is 61.1 Å². The number of likely N-dealkylation sites (N-methyl/N-ethyl adjacent to an activating group) is 1. The van der Waals surface area contributed by atoms with Crippen LogP contribution >= 0.6 is 15.9 Å². The molecule has 0 aromatic carbocycles. The largest absolute Gasteiger partial charge is 0.458 e. The summed E-state index contributed by atoms with van der Waals surface area (Å²) in [4.78, 5) is 16.2. The van der Waals surface area contributed by atoms with Gasteiger partial charge in [0.05, 0.1) is 16.7 Å². The molecule has 2 atom stereocenters. The highest BCUT2D eigenvalue weighted by Gasteiger charge is 2.23. The molecule has 1 fully saturated rings. The van der Waals surface area contributed by atoms with Crippen LogP contribution < -0.4 is 0 Å². The highest BCUT2D eigenvalue weighted by molar-refractivity contribution is 9.10. The van der Waals surface area contributed by atoms with Crippen molar-refractivity contribution in [1.29, 1.82) is 0 Å². The summed E-state index contributed by atoms with van der Waals surface area (Å²) in [5.41, 5.74) is 0. The average Bonchev–Trinajstić information content (AvgIpc) is 2.80. The smallest absolute Gasteiger partial charge is 0.289 e. The molecule has 0 N–H and O–H groups in total. The molecule has 0 spiro atoms. The van der Waals surface area contributed by atoms with Gasteiger partial charge < -0.3 is 14.1 Å². The summed E-state index contributed by atoms with van der Waals surface area (Å²) in [6, 6.07) is 1.69. The fourth-order valence-electron chi connectivity index (χ4n) is 2.47. The Morgan fingerprint density at radius 1 is 1.45 bits per heavy atom. The van der Waals surface area contributed by atoms with Crippen LogP contribution in [0.25, 0.3) is 0 Å². The van der Waals surface area contributed by atoms with Gasteiger partial charge in [-0.2, -0.15) is 0 Å². The second-order valence-electron chi connectivity index (χ2n) is 5.37. The van der Waals surface area contributed by atoms with E-state index in [1.54, 1.807) is 18.0 Å². The Labute approximate surface area is 128 Å². The highest BCUT2D eigenvalue weighted by atomic mass is 79.9. The third kappa shape index (κ3) is 4.07. The number of hydrogen-bond acceptors (Lipinski definition) is 4. The van der Waals surface area contributed by atoms with Gasteiger partial charge in [-0.3, -0.25) is 9.69 Å². The van der Waals surface area contributed by atoms with Crippen molar-refractivity contribution in [2.75, 3.05) is 33.2 Å². The van der Waals surface area contributed by atoms with Crippen LogP contribution in [0.3, 0.4) is 0 Å². The minimum atomic E-state index is -0.0925. The van der Waals surface area contributed by atoms with Gasteiger partial charge in [0.2, 0.25) is 0 Å². The van der Waals surface area contributed by atoms with Crippen LogP contribution in [-0.2, 0) is 4.74 Å². The number of nitrogens with zero attached hydrogens (tertiary/aromatic N) is 2. The first kappa shape index (κ1) is 15.5. The van der Waals surface area contributed by atoms with Gasteiger partial charge in [-0.15, -0.1) is 0 Å². The predicted octanol–water partition coefficient (Wildman–Crippen LogP) is 2.22. The van der Waals surface area contributed by atoms with Crippen molar-refractivity contribution >= 4 is 21.8 Å². The lowest BCUT2D eigenvalue weighted by atomic mass is 10.2. The SMILES string of the molecule is C[C@@H]1CN(CCN(C)C(=O)c2cc(Br)co2)C[C@H](C)O1. The van der Waals surface area contributed by atoms with Crippen molar-refractivity contribution < 1.29 is 13.9 Å². The molecule has 1 amide bonds. The monoisotopic (exact) mass is 344 g/mol. The Morgan fingerprint density at radius 2 is 2.10 bits per heavy atom. The number of furan rings is 1. The molecule has 1 aliphatic heterocycles. The predicted molar refractivity (Wildman–Crippen MR) is 79.8 cm³/mol. The molecule has 112 valence electrons. The molecule has 2 rings (SSSR count). The lowest BCUT2D eigenvalue weighted by molar-refractivity contribution is -0.0686. The highest BCUT2D eigenvalue weighted by Crippen LogP contribution is 2.15. The fraction of sp³-hybridized carbons (Fsp3) is 0.643. The number of carbonyl (C=O) groups is 1. The van der Waals surface area contributed by atoms with E-state index in [0.717, 1.165) is 24.1 Å². The van der Waals surface area contributed by atoms with Gasteiger partial charge >= 0.3 is 0 Å². The molecule has 1 aliphatic rings. The number of rotatable bonds is 4. The molecule has 0 radical (unpaired) electrons. The number of hydrogen-bond donors (Lipinski definition) is 0. The molecular formula is C14H21BrN2O3. The molecule has 1 aromatic rings. The molecule has 20 heavy (non-hydrogen) atoms. The Morgan fingerprint density at radius 3 is 2.65 bits per heavy atom. The van der Waals surface area contributed by atoms with Crippen molar-refractivity contribution in [2.24, 2.45) is 0 Å². The van der Waals surface area contributed by atoms with E-state index in [1.165, 1.54) is 6.26 Å². The van der Waals surface area contributed by atoms with E-state index >= 15 is 0 Å². The number of halogens is 1. The van der Waals surface area contributed by atoms with Crippen LogP contribution in [0.2, 0.25) is 0 Å². The Bertz CT molecular complexity index is 453. The minimum absolute atomic E-state index is 0.0925. The summed E-state index contributed by atoms with van der Waals surface area (Å²) in [6.07, 6.45) is 2.02. The van der Waals surface area contributed by atoms with Crippen molar-refractivity contribution in [3.63, 3.8) is 0 Å². The zero-order valence-corrected chi connectivity index (χ0v) is 13.7. The summed E-state index contributed by atoms with van der Waals surface area (Å²) >= 11 is 3.28. The third-order valence-electron chi connectivity index (χ3n) is 3.37. The molecule has 0 aliphatic carbocycles. The number of ether oxygens (including phenoxy) is 1. The molecule has 1 aromatic heterocycles. The summed E-state index contributed by atoms with van der Waals surface area (Å²) < 4.78 is 11.7. The maximum Gasteiger partial charge on any atom is 0.289 e. The van der Waals surface area contributed by atoms with Crippen LogP contribution in [0.5, 0.6) is 0 Å². The van der Waals surface area contributed by atoms with Crippen molar-refractivity contribution in [2.45, 2.75) is 26.1 Å². The lowest BCUT2D eigenvalue weighted by Crippen LogP contribution is -2.48. The van der Waals surface area contributed by atoms with Gasteiger partial charge in [0.1, 0.15) is 6.26 Å². The summed E-state index contributed by atoms with van der Waals surface area (Å²) in [7, 11) is 1.80. The van der Waals surface area contributed by atoms with Crippen molar-refractivity contribution in [1.82, 2.24) is 9.80 Å². The second kappa shape index (κ2) is 6.74. The van der Waals surface area contributed by atoms with E-state index in [4.69, 9.17) is 9.15 Å². The van der Waals surface area contributed by atoms with Gasteiger partial charge in [-0.1, -0.05) is 0 Å². The first-order chi connectivity index (χ1) is 9.45. The quantitative estimate of drug-likeness (QED) is 0.840. The topological polar surface area (TPSA) is 45.9 Å². The number of amides is 1. The molecule has 0 saturated carbocycles. The second-order valence-corrected chi connectivity index (χ2v) is 6.29. The summed E-state index contributed by atoms with van der Waals surface area (Å²) in [5.74, 6) is 0.271. The molecular weight excluding hydrogens is 324 g/mol. The molecule has 1 saturated heterocycles. The van der Waals surface area contributed by atoms with Gasteiger partial charge in [-0.25, -0.2) is 0 Å². The van der Waals surface area contributed by atoms with E-state index < -0.39 is 0 Å². The van der Waals surface area contributed by atoms with Crippen LogP contribution in [0, 0.1) is 0 Å². The molecule has 5 nitrogen and oxygen atoms in total. The Balaban J connectivity index is 1.82. The van der Waals surface area contributed by atoms with Crippen molar-refractivity contribution in [3.8, 4) is 0 Å². The molecule has 6 heteroatoms. The summed E-state index contributed by atoms with van der Waals surface area (Å²) in [6.45, 7) is 7.52. The maximum atomic E-state index is 12.1. The zero-order chi connectivity index (χ0) is 14.7. The van der Waals surface area contributed by atoms with E-state index in [2.05, 4.69) is 34.7 Å². The third-order valence-corrected chi connectivity index (χ3v) is 3.79. The zero-order valence-electron chi connectivity index (χ0n) is 12.1. The molecule has 0 bridgehead atoms. The molecule has 0 unspecified atom stereocenters. The summed E-state index contributed by atoms with van der Waals surface area (Å²) in [5, 5.41) is 0. The van der Waals surface area contributed by atoms with Crippen LogP contribution in [0.15, 0.2) is 21.2 Å². The van der Waals surface area contributed by atoms with Gasteiger partial charge in [-0.05, 0) is 29.8 Å². The standard InChI is InChI=1S/C14H21BrN2O3/c1-10-7-17(8-11(2)20-10)5-4-16(3)14(18)13-6-12(15)9-19-13/h6,9-11H,4-5,7-8H2,1-3H3/t10-,11+. The maximum absolute atomic E-state index is 12.1. The lowest BCUT2D eigenvalue weighted by Gasteiger charge is -2.36. The van der Waals surface area contributed by atoms with Crippen molar-refractivity contribution in [3.05, 3.63) is 22.6 Å². The van der Waals surface area contributed by atoms with Gasteiger partial charge in [0.25, 0.3) is 5.91 Å². The Kier molecular flexibility index (Phi) is 5.23. The minimum Gasteiger partial charge on any atom is -0.458 e. The van der Waals surface area contributed by atoms with Gasteiger partial charge in [0.15, 0.2) is 5.76 Å². The van der Waals surface area contributed by atoms with Crippen LogP contribution in [0.4, 0.5) is 0 Å². The first-order valence-electron chi connectivity index (χ1n) is 6.83.